The average molecular weight is 251 g/mol. The van der Waals surface area contributed by atoms with Gasteiger partial charge in [0.05, 0.1) is 0 Å². The van der Waals surface area contributed by atoms with E-state index in [1.54, 1.807) is 11.0 Å². The molecule has 0 aliphatic heterocycles. The largest absolute Gasteiger partial charge is 0.505 e. The van der Waals surface area contributed by atoms with Crippen LogP contribution in [-0.4, -0.2) is 59.0 Å². The van der Waals surface area contributed by atoms with E-state index < -0.39 is 0 Å². The minimum absolute atomic E-state index is 0.0684. The number of hydrogen-bond acceptors (Lipinski definition) is 4. The summed E-state index contributed by atoms with van der Waals surface area (Å²) >= 11 is 0. The van der Waals surface area contributed by atoms with Crippen molar-refractivity contribution < 1.29 is 9.90 Å². The summed E-state index contributed by atoms with van der Waals surface area (Å²) < 4.78 is 0. The summed E-state index contributed by atoms with van der Waals surface area (Å²) in [4.78, 5) is 20.0. The third kappa shape index (κ3) is 3.43. The molecule has 5 heteroatoms. The van der Waals surface area contributed by atoms with E-state index in [0.717, 1.165) is 6.54 Å². The highest BCUT2D eigenvalue weighted by atomic mass is 16.3. The molecule has 0 fully saturated rings. The van der Waals surface area contributed by atoms with Crippen molar-refractivity contribution in [3.63, 3.8) is 0 Å². The van der Waals surface area contributed by atoms with Crippen molar-refractivity contribution in [1.29, 1.82) is 0 Å². The van der Waals surface area contributed by atoms with E-state index in [1.807, 2.05) is 32.8 Å². The number of nitrogens with zero attached hydrogens (tertiary/aromatic N) is 3. The Morgan fingerprint density at radius 2 is 2.17 bits per heavy atom. The fourth-order valence-electron chi connectivity index (χ4n) is 1.98. The Morgan fingerprint density at radius 3 is 2.67 bits per heavy atom. The smallest absolute Gasteiger partial charge is 0.276 e. The van der Waals surface area contributed by atoms with Gasteiger partial charge in [-0.1, -0.05) is 0 Å². The van der Waals surface area contributed by atoms with Crippen LogP contribution in [0.25, 0.3) is 0 Å². The molecule has 0 aliphatic carbocycles. The Kier molecular flexibility index (Phi) is 5.09. The average Bonchev–Trinajstić information content (AvgIpc) is 2.29. The molecular formula is C13H21N3O2. The minimum Gasteiger partial charge on any atom is -0.505 e. The lowest BCUT2D eigenvalue weighted by molar-refractivity contribution is 0.0669. The van der Waals surface area contributed by atoms with E-state index in [4.69, 9.17) is 0 Å². The second-order valence-electron chi connectivity index (χ2n) is 4.57. The molecule has 0 aromatic carbocycles. The van der Waals surface area contributed by atoms with Crippen LogP contribution >= 0.6 is 0 Å². The SMILES string of the molecule is CCN(C(=O)c1ncccc1O)C(C)CN(C)C. The quantitative estimate of drug-likeness (QED) is 0.854. The molecule has 1 N–H and O–H groups in total. The van der Waals surface area contributed by atoms with Crippen LogP contribution in [0, 0.1) is 0 Å². The van der Waals surface area contributed by atoms with Gasteiger partial charge in [0.25, 0.3) is 5.91 Å². The van der Waals surface area contributed by atoms with E-state index >= 15 is 0 Å². The summed E-state index contributed by atoms with van der Waals surface area (Å²) in [5.74, 6) is -0.303. The molecule has 1 heterocycles. The first-order valence-corrected chi connectivity index (χ1v) is 6.07. The number of hydrogen-bond donors (Lipinski definition) is 1. The topological polar surface area (TPSA) is 56.7 Å². The molecule has 1 unspecified atom stereocenters. The van der Waals surface area contributed by atoms with Crippen LogP contribution in [0.1, 0.15) is 24.3 Å². The highest BCUT2D eigenvalue weighted by Gasteiger charge is 2.23. The van der Waals surface area contributed by atoms with E-state index in [1.165, 1.54) is 12.3 Å². The van der Waals surface area contributed by atoms with E-state index in [9.17, 15) is 9.90 Å². The van der Waals surface area contributed by atoms with E-state index in [0.29, 0.717) is 6.54 Å². The van der Waals surface area contributed by atoms with Gasteiger partial charge in [0, 0.05) is 25.3 Å². The number of aromatic hydroxyl groups is 1. The van der Waals surface area contributed by atoms with Crippen LogP contribution in [0.5, 0.6) is 5.75 Å². The lowest BCUT2D eigenvalue weighted by Gasteiger charge is -2.29. The first kappa shape index (κ1) is 14.4. The molecule has 100 valence electrons. The number of rotatable bonds is 5. The minimum atomic E-state index is -0.232. The predicted molar refractivity (Wildman–Crippen MR) is 70.6 cm³/mol. The molecule has 0 aliphatic rings. The Morgan fingerprint density at radius 1 is 1.50 bits per heavy atom. The molecule has 1 rings (SSSR count). The highest BCUT2D eigenvalue weighted by molar-refractivity contribution is 5.94. The lowest BCUT2D eigenvalue weighted by atomic mass is 10.2. The van der Waals surface area contributed by atoms with Crippen molar-refractivity contribution in [1.82, 2.24) is 14.8 Å². The molecule has 0 radical (unpaired) electrons. The highest BCUT2D eigenvalue weighted by Crippen LogP contribution is 2.16. The summed E-state index contributed by atoms with van der Waals surface area (Å²) in [6.45, 7) is 5.27. The van der Waals surface area contributed by atoms with Gasteiger partial charge in [0.15, 0.2) is 5.69 Å². The summed E-state index contributed by atoms with van der Waals surface area (Å²) in [7, 11) is 3.93. The fourth-order valence-corrected chi connectivity index (χ4v) is 1.98. The first-order chi connectivity index (χ1) is 8.47. The van der Waals surface area contributed by atoms with E-state index in [2.05, 4.69) is 4.98 Å². The molecular weight excluding hydrogens is 230 g/mol. The Balaban J connectivity index is 2.89. The summed E-state index contributed by atoms with van der Waals surface area (Å²) in [5.41, 5.74) is 0.116. The maximum Gasteiger partial charge on any atom is 0.276 e. The van der Waals surface area contributed by atoms with Crippen LogP contribution in [0.3, 0.4) is 0 Å². The van der Waals surface area contributed by atoms with Gasteiger partial charge in [0.2, 0.25) is 0 Å². The van der Waals surface area contributed by atoms with Crippen molar-refractivity contribution >= 4 is 5.91 Å². The maximum atomic E-state index is 12.3. The maximum absolute atomic E-state index is 12.3. The van der Waals surface area contributed by atoms with Crippen LogP contribution < -0.4 is 0 Å². The van der Waals surface area contributed by atoms with Gasteiger partial charge in [-0.3, -0.25) is 4.79 Å². The molecule has 5 nitrogen and oxygen atoms in total. The van der Waals surface area contributed by atoms with Crippen molar-refractivity contribution in [2.45, 2.75) is 19.9 Å². The number of likely N-dealkylation sites (N-methyl/N-ethyl adjacent to an activating group) is 2. The normalized spacial score (nSPS) is 12.5. The molecule has 0 bridgehead atoms. The summed E-state index contributed by atoms with van der Waals surface area (Å²) in [6, 6.07) is 3.15. The van der Waals surface area contributed by atoms with Crippen LogP contribution in [0.2, 0.25) is 0 Å². The van der Waals surface area contributed by atoms with Crippen molar-refractivity contribution in [2.24, 2.45) is 0 Å². The van der Waals surface area contributed by atoms with Gasteiger partial charge in [-0.15, -0.1) is 0 Å². The van der Waals surface area contributed by atoms with Crippen molar-refractivity contribution in [3.8, 4) is 5.75 Å². The number of pyridine rings is 1. The van der Waals surface area contributed by atoms with Crippen LogP contribution in [0.15, 0.2) is 18.3 Å². The first-order valence-electron chi connectivity index (χ1n) is 6.07. The zero-order valence-corrected chi connectivity index (χ0v) is 11.4. The standard InChI is InChI=1S/C13H21N3O2/c1-5-16(10(2)9-15(3)4)13(18)12-11(17)7-6-8-14-12/h6-8,10,17H,5,9H2,1-4H3. The van der Waals surface area contributed by atoms with Gasteiger partial charge in [-0.25, -0.2) is 4.98 Å². The van der Waals surface area contributed by atoms with E-state index in [-0.39, 0.29) is 23.4 Å². The lowest BCUT2D eigenvalue weighted by Crippen LogP contribution is -2.44. The van der Waals surface area contributed by atoms with Gasteiger partial charge >= 0.3 is 0 Å². The van der Waals surface area contributed by atoms with Crippen molar-refractivity contribution in [3.05, 3.63) is 24.0 Å². The molecule has 1 aromatic rings. The second kappa shape index (κ2) is 6.35. The summed E-state index contributed by atoms with van der Waals surface area (Å²) in [6.07, 6.45) is 1.51. The zero-order valence-electron chi connectivity index (χ0n) is 11.4. The van der Waals surface area contributed by atoms with Crippen molar-refractivity contribution in [2.75, 3.05) is 27.2 Å². The Hall–Kier alpha value is -1.62. The Bertz CT molecular complexity index is 407. The molecule has 0 saturated heterocycles. The fraction of sp³-hybridized carbons (Fsp3) is 0.538. The van der Waals surface area contributed by atoms with Gasteiger partial charge in [-0.05, 0) is 40.1 Å². The Labute approximate surface area is 108 Å². The van der Waals surface area contributed by atoms with Gasteiger partial charge < -0.3 is 14.9 Å². The molecule has 1 atom stereocenters. The molecule has 0 spiro atoms. The third-order valence-corrected chi connectivity index (χ3v) is 2.75. The molecule has 0 saturated carbocycles. The zero-order chi connectivity index (χ0) is 13.7. The monoisotopic (exact) mass is 251 g/mol. The third-order valence-electron chi connectivity index (χ3n) is 2.75. The number of aromatic nitrogens is 1. The number of carbonyl (C=O) groups excluding carboxylic acids is 1. The molecule has 1 aromatic heterocycles. The number of carbonyl (C=O) groups is 1. The van der Waals surface area contributed by atoms with Gasteiger partial charge in [-0.2, -0.15) is 0 Å². The molecule has 1 amide bonds. The van der Waals surface area contributed by atoms with Crippen LogP contribution in [-0.2, 0) is 0 Å². The second-order valence-corrected chi connectivity index (χ2v) is 4.57. The van der Waals surface area contributed by atoms with Crippen LogP contribution in [0.4, 0.5) is 0 Å². The number of amides is 1. The van der Waals surface area contributed by atoms with Gasteiger partial charge in [0.1, 0.15) is 5.75 Å². The molecule has 18 heavy (non-hydrogen) atoms. The summed E-state index contributed by atoms with van der Waals surface area (Å²) in [5, 5.41) is 9.67. The predicted octanol–water partition coefficient (Wildman–Crippen LogP) is 1.20.